The van der Waals surface area contributed by atoms with Crippen LogP contribution in [0, 0.1) is 5.92 Å². The van der Waals surface area contributed by atoms with Crippen molar-refractivity contribution in [2.24, 2.45) is 17.4 Å². The van der Waals surface area contributed by atoms with E-state index in [0.717, 1.165) is 0 Å². The first kappa shape index (κ1) is 30.7. The lowest BCUT2D eigenvalue weighted by atomic mass is 10.0. The highest BCUT2D eigenvalue weighted by Gasteiger charge is 2.32. The second-order valence-electron chi connectivity index (χ2n) is 8.11. The van der Waals surface area contributed by atoms with Crippen LogP contribution < -0.4 is 27.4 Å². The van der Waals surface area contributed by atoms with Gasteiger partial charge in [-0.2, -0.15) is 0 Å². The minimum Gasteiger partial charge on any atom is -0.481 e. The first-order valence-corrected chi connectivity index (χ1v) is 10.8. The molecular weight excluding hydrogens is 454 g/mol. The van der Waals surface area contributed by atoms with E-state index in [-0.39, 0.29) is 12.8 Å². The summed E-state index contributed by atoms with van der Waals surface area (Å²) >= 11 is 0. The van der Waals surface area contributed by atoms with Crippen LogP contribution in [0.1, 0.15) is 52.4 Å². The van der Waals surface area contributed by atoms with Crippen LogP contribution in [0.3, 0.4) is 0 Å². The average molecular weight is 490 g/mol. The molecule has 0 rings (SSSR count). The Hall–Kier alpha value is -3.26. The zero-order valence-electron chi connectivity index (χ0n) is 19.3. The number of hydrogen-bond donors (Lipinski definition) is 8. The smallest absolute Gasteiger partial charge is 0.326 e. The number of nitrogens with two attached hydrogens (primary N) is 2. The molecule has 0 aromatic heterocycles. The van der Waals surface area contributed by atoms with E-state index in [4.69, 9.17) is 21.7 Å². The highest BCUT2D eigenvalue weighted by molar-refractivity contribution is 5.95. The predicted octanol–water partition coefficient (Wildman–Crippen LogP) is -2.02. The molecule has 0 saturated carbocycles. The van der Waals surface area contributed by atoms with Crippen molar-refractivity contribution in [2.45, 2.75) is 76.5 Å². The Morgan fingerprint density at radius 1 is 0.765 bits per heavy atom. The van der Waals surface area contributed by atoms with Gasteiger partial charge in [0, 0.05) is 6.42 Å². The summed E-state index contributed by atoms with van der Waals surface area (Å²) in [5.74, 6) is -7.03. The van der Waals surface area contributed by atoms with E-state index in [1.54, 1.807) is 13.8 Å². The molecule has 4 unspecified atom stereocenters. The third-order valence-corrected chi connectivity index (χ3v) is 4.83. The molecule has 0 aromatic carbocycles. The maximum atomic E-state index is 12.8. The summed E-state index contributed by atoms with van der Waals surface area (Å²) in [6.45, 7) is 3.50. The van der Waals surface area contributed by atoms with Crippen LogP contribution in [-0.2, 0) is 28.8 Å². The second-order valence-corrected chi connectivity index (χ2v) is 8.11. The molecule has 0 aromatic rings. The molecule has 194 valence electrons. The van der Waals surface area contributed by atoms with Crippen molar-refractivity contribution in [1.82, 2.24) is 16.0 Å². The van der Waals surface area contributed by atoms with E-state index in [0.29, 0.717) is 19.4 Å². The Bertz CT molecular complexity index is 744. The third-order valence-electron chi connectivity index (χ3n) is 4.83. The topological polar surface area (TPSA) is 251 Å². The molecule has 0 aliphatic rings. The van der Waals surface area contributed by atoms with Gasteiger partial charge in [0.05, 0.1) is 12.5 Å². The number of amides is 3. The van der Waals surface area contributed by atoms with Gasteiger partial charge in [-0.25, -0.2) is 4.79 Å². The van der Waals surface area contributed by atoms with Gasteiger partial charge in [-0.3, -0.25) is 24.0 Å². The van der Waals surface area contributed by atoms with Crippen molar-refractivity contribution < 1.29 is 44.1 Å². The number of aliphatic carboxylic acids is 3. The van der Waals surface area contributed by atoms with E-state index in [1.807, 2.05) is 0 Å². The van der Waals surface area contributed by atoms with Crippen molar-refractivity contribution in [1.29, 1.82) is 0 Å². The maximum Gasteiger partial charge on any atom is 0.326 e. The Kier molecular flexibility index (Phi) is 14.1. The molecular formula is C20H35N5O9. The van der Waals surface area contributed by atoms with Gasteiger partial charge < -0.3 is 42.7 Å². The first-order valence-electron chi connectivity index (χ1n) is 10.8. The zero-order valence-corrected chi connectivity index (χ0v) is 19.3. The van der Waals surface area contributed by atoms with Gasteiger partial charge in [0.15, 0.2) is 0 Å². The third kappa shape index (κ3) is 12.1. The monoisotopic (exact) mass is 489 g/mol. The summed E-state index contributed by atoms with van der Waals surface area (Å²) in [6, 6.07) is -5.34. The molecule has 3 amide bonds. The van der Waals surface area contributed by atoms with E-state index < -0.39 is 78.6 Å². The summed E-state index contributed by atoms with van der Waals surface area (Å²) < 4.78 is 0. The average Bonchev–Trinajstić information content (AvgIpc) is 2.73. The Labute approximate surface area is 196 Å². The molecule has 0 bridgehead atoms. The fourth-order valence-electron chi connectivity index (χ4n) is 2.87. The lowest BCUT2D eigenvalue weighted by molar-refractivity contribution is -0.144. The molecule has 14 heteroatoms. The lowest BCUT2D eigenvalue weighted by Gasteiger charge is -2.25. The van der Waals surface area contributed by atoms with E-state index in [1.165, 1.54) is 0 Å². The Balaban J connectivity index is 5.50. The van der Waals surface area contributed by atoms with Gasteiger partial charge in [0.1, 0.15) is 18.1 Å². The van der Waals surface area contributed by atoms with Crippen molar-refractivity contribution in [3.05, 3.63) is 0 Å². The summed E-state index contributed by atoms with van der Waals surface area (Å²) in [4.78, 5) is 71.0. The number of nitrogens with one attached hydrogen (secondary N) is 3. The number of hydrogen-bond acceptors (Lipinski definition) is 8. The van der Waals surface area contributed by atoms with Crippen LogP contribution in [-0.4, -0.2) is 81.7 Å². The van der Waals surface area contributed by atoms with Crippen LogP contribution in [0.2, 0.25) is 0 Å². The fraction of sp³-hybridized carbons (Fsp3) is 0.700. The molecule has 0 saturated heterocycles. The first-order chi connectivity index (χ1) is 15.8. The maximum absolute atomic E-state index is 12.8. The predicted molar refractivity (Wildman–Crippen MR) is 118 cm³/mol. The summed E-state index contributed by atoms with van der Waals surface area (Å²) in [6.07, 6.45) is -0.466. The lowest BCUT2D eigenvalue weighted by Crippen LogP contribution is -2.58. The molecule has 0 radical (unpaired) electrons. The van der Waals surface area contributed by atoms with Gasteiger partial charge in [-0.15, -0.1) is 0 Å². The molecule has 0 aliphatic heterocycles. The van der Waals surface area contributed by atoms with Crippen LogP contribution in [0.15, 0.2) is 0 Å². The normalized spacial score (nSPS) is 14.4. The largest absolute Gasteiger partial charge is 0.481 e. The molecule has 10 N–H and O–H groups in total. The standard InChI is InChI=1S/C20H35N5O9/c1-10(2)16(20(33)34)25-18(31)12(5-3-4-8-21)23-19(32)13(9-15(28)29)24-17(30)11(22)6-7-14(26)27/h10-13,16H,3-9,21-22H2,1-2H3,(H,23,32)(H,24,30)(H,25,31)(H,26,27)(H,28,29)(H,33,34). The minimum atomic E-state index is -1.61. The van der Waals surface area contributed by atoms with Crippen molar-refractivity contribution in [3.8, 4) is 0 Å². The molecule has 0 heterocycles. The van der Waals surface area contributed by atoms with Gasteiger partial charge in [0.2, 0.25) is 17.7 Å². The van der Waals surface area contributed by atoms with Gasteiger partial charge in [-0.05, 0) is 38.1 Å². The molecule has 0 spiro atoms. The van der Waals surface area contributed by atoms with E-state index >= 15 is 0 Å². The second kappa shape index (κ2) is 15.6. The van der Waals surface area contributed by atoms with Crippen LogP contribution in [0.5, 0.6) is 0 Å². The number of rotatable bonds is 17. The molecule has 4 atom stereocenters. The van der Waals surface area contributed by atoms with Crippen molar-refractivity contribution in [2.75, 3.05) is 6.54 Å². The number of carboxylic acid groups (broad SMARTS) is 3. The quantitative estimate of drug-likeness (QED) is 0.103. The number of carbonyl (C=O) groups is 6. The zero-order chi connectivity index (χ0) is 26.4. The highest BCUT2D eigenvalue weighted by Crippen LogP contribution is 2.07. The fourth-order valence-corrected chi connectivity index (χ4v) is 2.87. The Morgan fingerprint density at radius 3 is 1.79 bits per heavy atom. The molecule has 34 heavy (non-hydrogen) atoms. The van der Waals surface area contributed by atoms with Gasteiger partial charge in [-0.1, -0.05) is 13.8 Å². The summed E-state index contributed by atoms with van der Waals surface area (Å²) in [7, 11) is 0. The molecule has 0 fully saturated rings. The molecule has 14 nitrogen and oxygen atoms in total. The summed E-state index contributed by atoms with van der Waals surface area (Å²) in [5.41, 5.74) is 11.1. The molecule has 0 aliphatic carbocycles. The SMILES string of the molecule is CC(C)C(NC(=O)C(CCCCN)NC(=O)C(CC(=O)O)NC(=O)C(N)CCC(=O)O)C(=O)O. The van der Waals surface area contributed by atoms with E-state index in [2.05, 4.69) is 16.0 Å². The highest BCUT2D eigenvalue weighted by atomic mass is 16.4. The van der Waals surface area contributed by atoms with Crippen molar-refractivity contribution >= 4 is 35.6 Å². The van der Waals surface area contributed by atoms with Gasteiger partial charge >= 0.3 is 17.9 Å². The van der Waals surface area contributed by atoms with Gasteiger partial charge in [0.25, 0.3) is 0 Å². The minimum absolute atomic E-state index is 0.0884. The Morgan fingerprint density at radius 2 is 1.32 bits per heavy atom. The van der Waals surface area contributed by atoms with Crippen LogP contribution in [0.25, 0.3) is 0 Å². The van der Waals surface area contributed by atoms with Crippen molar-refractivity contribution in [3.63, 3.8) is 0 Å². The van der Waals surface area contributed by atoms with E-state index in [9.17, 15) is 33.9 Å². The van der Waals surface area contributed by atoms with Crippen LogP contribution in [0.4, 0.5) is 0 Å². The van der Waals surface area contributed by atoms with Crippen LogP contribution >= 0.6 is 0 Å². The number of carbonyl (C=O) groups excluding carboxylic acids is 3. The number of carboxylic acids is 3. The summed E-state index contributed by atoms with van der Waals surface area (Å²) in [5, 5.41) is 34.0. The number of unbranched alkanes of at least 4 members (excludes halogenated alkanes) is 1.